The lowest BCUT2D eigenvalue weighted by Crippen LogP contribution is -2.49. The van der Waals surface area contributed by atoms with Crippen molar-refractivity contribution in [2.75, 3.05) is 6.61 Å². The SMILES string of the molecule is CC(C)(C)OC(=O)N[C@@H]1C=C[C@H](O[Si](C)(C)C(C)(C)C)[C@@H]1CO. The second-order valence-corrected chi connectivity index (χ2v) is 13.5. The van der Waals surface area contributed by atoms with Crippen LogP contribution < -0.4 is 5.32 Å². The van der Waals surface area contributed by atoms with Crippen LogP contribution in [-0.2, 0) is 9.16 Å². The molecule has 0 radical (unpaired) electrons. The predicted molar refractivity (Wildman–Crippen MR) is 94.9 cm³/mol. The topological polar surface area (TPSA) is 67.8 Å². The van der Waals surface area contributed by atoms with Gasteiger partial charge in [0, 0.05) is 5.92 Å². The average Bonchev–Trinajstić information content (AvgIpc) is 2.66. The predicted octanol–water partition coefficient (Wildman–Crippen LogP) is 3.45. The van der Waals surface area contributed by atoms with Crippen molar-refractivity contribution in [3.63, 3.8) is 0 Å². The molecule has 1 aliphatic rings. The minimum Gasteiger partial charge on any atom is -0.444 e. The molecule has 0 aromatic heterocycles. The maximum Gasteiger partial charge on any atom is 0.408 e. The van der Waals surface area contributed by atoms with E-state index in [-0.39, 0.29) is 29.7 Å². The first-order valence-electron chi connectivity index (χ1n) is 8.23. The average molecular weight is 344 g/mol. The summed E-state index contributed by atoms with van der Waals surface area (Å²) in [7, 11) is -1.94. The molecule has 1 amide bonds. The number of rotatable bonds is 4. The van der Waals surface area contributed by atoms with E-state index in [2.05, 4.69) is 39.2 Å². The molecular formula is C17H33NO4Si. The van der Waals surface area contributed by atoms with E-state index in [0.717, 1.165) is 0 Å². The van der Waals surface area contributed by atoms with Gasteiger partial charge in [0.1, 0.15) is 5.60 Å². The first-order chi connectivity index (χ1) is 10.3. The van der Waals surface area contributed by atoms with Crippen molar-refractivity contribution < 1.29 is 19.1 Å². The van der Waals surface area contributed by atoms with Crippen LogP contribution in [0.15, 0.2) is 12.2 Å². The fourth-order valence-electron chi connectivity index (χ4n) is 2.18. The Morgan fingerprint density at radius 2 is 1.74 bits per heavy atom. The highest BCUT2D eigenvalue weighted by Crippen LogP contribution is 2.39. The summed E-state index contributed by atoms with van der Waals surface area (Å²) >= 11 is 0. The number of carbonyl (C=O) groups excluding carboxylic acids is 1. The van der Waals surface area contributed by atoms with Crippen LogP contribution in [0.3, 0.4) is 0 Å². The van der Waals surface area contributed by atoms with Gasteiger partial charge in [0.05, 0.1) is 18.8 Å². The Bertz CT molecular complexity index is 448. The molecule has 0 saturated heterocycles. The number of carbonyl (C=O) groups is 1. The van der Waals surface area contributed by atoms with Gasteiger partial charge in [0.15, 0.2) is 8.32 Å². The van der Waals surface area contributed by atoms with E-state index in [1.54, 1.807) is 0 Å². The Kier molecular flexibility index (Phi) is 6.10. The zero-order valence-corrected chi connectivity index (χ0v) is 16.8. The number of alkyl carbamates (subject to hydrolysis) is 1. The lowest BCUT2D eigenvalue weighted by molar-refractivity contribution is 0.0457. The summed E-state index contributed by atoms with van der Waals surface area (Å²) < 4.78 is 11.7. The van der Waals surface area contributed by atoms with E-state index in [0.29, 0.717) is 0 Å². The van der Waals surface area contributed by atoms with Crippen molar-refractivity contribution >= 4 is 14.4 Å². The smallest absolute Gasteiger partial charge is 0.408 e. The molecule has 134 valence electrons. The molecule has 0 aromatic carbocycles. The van der Waals surface area contributed by atoms with Gasteiger partial charge >= 0.3 is 6.09 Å². The van der Waals surface area contributed by atoms with Crippen LogP contribution >= 0.6 is 0 Å². The standard InChI is InChI=1S/C17H33NO4Si/c1-16(2,3)21-15(20)18-13-9-10-14(12(13)11-19)22-23(7,8)17(4,5)6/h9-10,12-14,19H,11H2,1-8H3,(H,18,20)/t12-,13-,14+/m1/s1. The first-order valence-corrected chi connectivity index (χ1v) is 11.1. The van der Waals surface area contributed by atoms with Gasteiger partial charge in [-0.25, -0.2) is 4.79 Å². The van der Waals surface area contributed by atoms with Crippen molar-refractivity contribution in [1.29, 1.82) is 0 Å². The number of nitrogens with one attached hydrogen (secondary N) is 1. The lowest BCUT2D eigenvalue weighted by Gasteiger charge is -2.40. The van der Waals surface area contributed by atoms with Gasteiger partial charge in [-0.2, -0.15) is 0 Å². The number of aliphatic hydroxyl groups is 1. The van der Waals surface area contributed by atoms with E-state index < -0.39 is 20.0 Å². The maximum atomic E-state index is 11.9. The Morgan fingerprint density at radius 1 is 1.17 bits per heavy atom. The fourth-order valence-corrected chi connectivity index (χ4v) is 3.47. The van der Waals surface area contributed by atoms with E-state index in [1.807, 2.05) is 32.9 Å². The molecule has 0 fully saturated rings. The summed E-state index contributed by atoms with van der Waals surface area (Å²) in [5.41, 5.74) is -0.543. The molecule has 0 aliphatic heterocycles. The van der Waals surface area contributed by atoms with Crippen LogP contribution in [0.5, 0.6) is 0 Å². The van der Waals surface area contributed by atoms with Gasteiger partial charge in [-0.05, 0) is 38.9 Å². The largest absolute Gasteiger partial charge is 0.444 e. The van der Waals surface area contributed by atoms with Crippen molar-refractivity contribution in [3.05, 3.63) is 12.2 Å². The number of hydrogen-bond acceptors (Lipinski definition) is 4. The number of amides is 1. The summed E-state index contributed by atoms with van der Waals surface area (Å²) in [6, 6.07) is -0.274. The first kappa shape index (κ1) is 20.2. The number of ether oxygens (including phenoxy) is 1. The maximum absolute atomic E-state index is 11.9. The van der Waals surface area contributed by atoms with Crippen molar-refractivity contribution in [2.24, 2.45) is 5.92 Å². The van der Waals surface area contributed by atoms with Crippen LogP contribution in [0.2, 0.25) is 18.1 Å². The van der Waals surface area contributed by atoms with Crippen LogP contribution in [0.4, 0.5) is 4.79 Å². The van der Waals surface area contributed by atoms with Gasteiger partial charge in [0.25, 0.3) is 0 Å². The van der Waals surface area contributed by atoms with Crippen LogP contribution in [-0.4, -0.2) is 43.9 Å². The molecule has 3 atom stereocenters. The van der Waals surface area contributed by atoms with E-state index in [1.165, 1.54) is 0 Å². The number of aliphatic hydroxyl groups excluding tert-OH is 1. The molecule has 23 heavy (non-hydrogen) atoms. The van der Waals surface area contributed by atoms with Crippen LogP contribution in [0.1, 0.15) is 41.5 Å². The van der Waals surface area contributed by atoms with Gasteiger partial charge in [-0.1, -0.05) is 32.9 Å². The Morgan fingerprint density at radius 3 is 2.17 bits per heavy atom. The molecule has 1 rings (SSSR count). The van der Waals surface area contributed by atoms with Gasteiger partial charge in [-0.3, -0.25) is 0 Å². The Labute approximate surface area is 141 Å². The highest BCUT2D eigenvalue weighted by atomic mass is 28.4. The molecule has 0 saturated carbocycles. The minimum atomic E-state index is -1.94. The lowest BCUT2D eigenvalue weighted by atomic mass is 10.0. The molecule has 0 aromatic rings. The summed E-state index contributed by atoms with van der Waals surface area (Å²) in [6.45, 7) is 16.3. The molecule has 0 unspecified atom stereocenters. The minimum absolute atomic E-state index is 0.0489. The molecule has 6 heteroatoms. The van der Waals surface area contributed by atoms with E-state index in [9.17, 15) is 9.90 Å². The highest BCUT2D eigenvalue weighted by molar-refractivity contribution is 6.74. The van der Waals surface area contributed by atoms with Gasteiger partial charge < -0.3 is 19.6 Å². The molecule has 5 nitrogen and oxygen atoms in total. The zero-order valence-electron chi connectivity index (χ0n) is 15.8. The number of hydrogen-bond donors (Lipinski definition) is 2. The van der Waals surface area contributed by atoms with Gasteiger partial charge in [-0.15, -0.1) is 0 Å². The van der Waals surface area contributed by atoms with Crippen LogP contribution in [0, 0.1) is 5.92 Å². The fraction of sp³-hybridized carbons (Fsp3) is 0.824. The normalized spacial score (nSPS) is 25.5. The second-order valence-electron chi connectivity index (χ2n) is 8.75. The monoisotopic (exact) mass is 343 g/mol. The summed E-state index contributed by atoms with van der Waals surface area (Å²) in [5.74, 6) is -0.184. The highest BCUT2D eigenvalue weighted by Gasteiger charge is 2.43. The summed E-state index contributed by atoms with van der Waals surface area (Å²) in [6.07, 6.45) is 3.19. The second kappa shape index (κ2) is 6.95. The zero-order chi connectivity index (χ0) is 18.1. The van der Waals surface area contributed by atoms with Gasteiger partial charge in [0.2, 0.25) is 0 Å². The van der Waals surface area contributed by atoms with Crippen molar-refractivity contribution in [1.82, 2.24) is 5.32 Å². The molecule has 0 spiro atoms. The molecule has 0 heterocycles. The summed E-state index contributed by atoms with van der Waals surface area (Å²) in [4.78, 5) is 11.9. The van der Waals surface area contributed by atoms with Crippen LogP contribution in [0.25, 0.3) is 0 Å². The third kappa shape index (κ3) is 5.62. The van der Waals surface area contributed by atoms with E-state index in [4.69, 9.17) is 9.16 Å². The van der Waals surface area contributed by atoms with Crippen molar-refractivity contribution in [2.45, 2.75) is 77.4 Å². The quantitative estimate of drug-likeness (QED) is 0.606. The summed E-state index contributed by atoms with van der Waals surface area (Å²) in [5, 5.41) is 12.7. The van der Waals surface area contributed by atoms with Crippen molar-refractivity contribution in [3.8, 4) is 0 Å². The Balaban J connectivity index is 2.72. The molecule has 2 N–H and O–H groups in total. The third-order valence-corrected chi connectivity index (χ3v) is 9.00. The molecular weight excluding hydrogens is 310 g/mol. The van der Waals surface area contributed by atoms with E-state index >= 15 is 0 Å². The molecule has 1 aliphatic carbocycles. The third-order valence-electron chi connectivity index (χ3n) is 4.52. The Hall–Kier alpha value is -0.853. The molecule has 0 bridgehead atoms.